The van der Waals surface area contributed by atoms with Crippen molar-refractivity contribution >= 4 is 45.7 Å². The van der Waals surface area contributed by atoms with Gasteiger partial charge in [0, 0.05) is 29.2 Å². The Morgan fingerprint density at radius 2 is 1.85 bits per heavy atom. The number of nitrogen functional groups attached to an aromatic ring is 1. The fourth-order valence-electron chi connectivity index (χ4n) is 3.02. The molecule has 1 aromatic heterocycles. The number of amides is 1. The van der Waals surface area contributed by atoms with Gasteiger partial charge in [-0.3, -0.25) is 4.79 Å². The number of halogens is 5. The number of nitrogens with one attached hydrogen (secondary N) is 2. The topological polar surface area (TPSA) is 80.0 Å². The van der Waals surface area contributed by atoms with Crippen molar-refractivity contribution in [2.24, 2.45) is 0 Å². The second-order valence-corrected chi connectivity index (χ2v) is 8.14. The van der Waals surface area contributed by atoms with Crippen LogP contribution in [0.3, 0.4) is 0 Å². The maximum absolute atomic E-state index is 15.1. The van der Waals surface area contributed by atoms with Crippen molar-refractivity contribution in [1.82, 2.24) is 10.3 Å². The molecule has 1 amide bonds. The number of nitrogens with two attached hydrogens (primary N) is 1. The first kappa shape index (κ1) is 24.3. The minimum atomic E-state index is -1.42. The average Bonchev–Trinajstić information content (AvgIpc) is 2.78. The van der Waals surface area contributed by atoms with Crippen LogP contribution in [0.5, 0.6) is 0 Å². The fraction of sp³-hybridized carbons (Fsp3) is 0.130. The number of benzene rings is 2. The lowest BCUT2D eigenvalue weighted by molar-refractivity contribution is 0.0955. The Balaban J connectivity index is 2.09. The molecule has 0 atom stereocenters. The molecule has 10 heteroatoms. The van der Waals surface area contributed by atoms with Crippen LogP contribution in [-0.2, 0) is 6.42 Å². The quantitative estimate of drug-likeness (QED) is 0.164. The van der Waals surface area contributed by atoms with Crippen molar-refractivity contribution in [3.05, 3.63) is 80.1 Å². The van der Waals surface area contributed by atoms with Crippen molar-refractivity contribution in [1.29, 1.82) is 0 Å². The molecule has 0 aliphatic heterocycles. The predicted octanol–water partition coefficient (Wildman–Crippen LogP) is 4.91. The lowest BCUT2D eigenvalue weighted by Gasteiger charge is -2.17. The van der Waals surface area contributed by atoms with Gasteiger partial charge in [-0.25, -0.2) is 22.5 Å². The number of terminal acetylenes is 1. The van der Waals surface area contributed by atoms with Gasteiger partial charge in [0.1, 0.15) is 5.82 Å². The molecular formula is C23H17F4IN4O. The molecule has 0 radical (unpaired) electrons. The molecule has 0 bridgehead atoms. The normalized spacial score (nSPS) is 10.5. The molecule has 3 rings (SSSR count). The molecule has 170 valence electrons. The summed E-state index contributed by atoms with van der Waals surface area (Å²) in [6.07, 6.45) is 6.21. The molecular weight excluding hydrogens is 551 g/mol. The molecule has 0 unspecified atom stereocenters. The predicted molar refractivity (Wildman–Crippen MR) is 126 cm³/mol. The molecule has 2 aromatic carbocycles. The summed E-state index contributed by atoms with van der Waals surface area (Å²) in [5, 5.41) is 4.96. The van der Waals surface area contributed by atoms with Crippen molar-refractivity contribution in [2.75, 3.05) is 17.6 Å². The van der Waals surface area contributed by atoms with Gasteiger partial charge < -0.3 is 16.4 Å². The third kappa shape index (κ3) is 5.54. The fourth-order valence-corrected chi connectivity index (χ4v) is 3.47. The minimum Gasteiger partial charge on any atom is -0.381 e. The first-order chi connectivity index (χ1) is 15.7. The summed E-state index contributed by atoms with van der Waals surface area (Å²) in [4.78, 5) is 16.3. The van der Waals surface area contributed by atoms with Crippen LogP contribution in [0.15, 0.2) is 36.5 Å². The summed E-state index contributed by atoms with van der Waals surface area (Å²) in [7, 11) is 0. The van der Waals surface area contributed by atoms with Gasteiger partial charge in [-0.2, -0.15) is 0 Å². The highest BCUT2D eigenvalue weighted by Crippen LogP contribution is 2.32. The van der Waals surface area contributed by atoms with Crippen LogP contribution < -0.4 is 16.4 Å². The highest BCUT2D eigenvalue weighted by Gasteiger charge is 2.24. The van der Waals surface area contributed by atoms with E-state index < -0.39 is 47.1 Å². The van der Waals surface area contributed by atoms with Crippen LogP contribution in [0, 0.1) is 39.2 Å². The number of aromatic nitrogens is 1. The van der Waals surface area contributed by atoms with E-state index in [4.69, 9.17) is 12.2 Å². The zero-order valence-corrected chi connectivity index (χ0v) is 19.1. The van der Waals surface area contributed by atoms with Gasteiger partial charge in [0.2, 0.25) is 0 Å². The smallest absolute Gasteiger partial charge is 0.253 e. The third-order valence-corrected chi connectivity index (χ3v) is 5.32. The molecule has 0 saturated heterocycles. The average molecular weight is 568 g/mol. The standard InChI is InChI=1S/C23H17F4IN4O/c1-2-3-7-31-23(33)15-10-13(9-12-6-8-30-22(29)19(12)26)18(25)20(27)21(15)32-17-5-4-14(28)11-16(17)24/h1,4-6,8,10-11,32H,3,7,9H2,(H2,29,30)(H,31,33). The van der Waals surface area contributed by atoms with E-state index in [1.807, 2.05) is 22.6 Å². The third-order valence-electron chi connectivity index (χ3n) is 4.65. The summed E-state index contributed by atoms with van der Waals surface area (Å²) < 4.78 is 59.3. The lowest BCUT2D eigenvalue weighted by Crippen LogP contribution is -2.26. The second-order valence-electron chi connectivity index (χ2n) is 6.89. The van der Waals surface area contributed by atoms with E-state index in [0.717, 1.165) is 6.07 Å². The summed E-state index contributed by atoms with van der Waals surface area (Å²) in [6, 6.07) is 6.42. The summed E-state index contributed by atoms with van der Waals surface area (Å²) >= 11 is 1.89. The Hall–Kier alpha value is -3.33. The number of rotatable bonds is 7. The Morgan fingerprint density at radius 1 is 1.09 bits per heavy atom. The van der Waals surface area contributed by atoms with Crippen molar-refractivity contribution in [3.8, 4) is 12.3 Å². The van der Waals surface area contributed by atoms with E-state index in [0.29, 0.717) is 3.57 Å². The van der Waals surface area contributed by atoms with Gasteiger partial charge in [-0.1, -0.05) is 0 Å². The van der Waals surface area contributed by atoms with Crippen molar-refractivity contribution in [3.63, 3.8) is 0 Å². The second kappa shape index (κ2) is 10.5. The maximum atomic E-state index is 15.1. The Kier molecular flexibility index (Phi) is 7.75. The van der Waals surface area contributed by atoms with Crippen molar-refractivity contribution < 1.29 is 22.4 Å². The number of carbonyl (C=O) groups is 1. The summed E-state index contributed by atoms with van der Waals surface area (Å²) in [5.74, 6) is -3.16. The number of pyridine rings is 1. The van der Waals surface area contributed by atoms with Gasteiger partial charge in [0.05, 0.1) is 16.9 Å². The van der Waals surface area contributed by atoms with Gasteiger partial charge in [0.25, 0.3) is 5.91 Å². The molecule has 0 saturated carbocycles. The van der Waals surface area contributed by atoms with Crippen molar-refractivity contribution in [2.45, 2.75) is 12.8 Å². The molecule has 5 nitrogen and oxygen atoms in total. The first-order valence-electron chi connectivity index (χ1n) is 9.56. The van der Waals surface area contributed by atoms with E-state index in [2.05, 4.69) is 21.5 Å². The number of carbonyl (C=O) groups excluding carboxylic acids is 1. The molecule has 33 heavy (non-hydrogen) atoms. The van der Waals surface area contributed by atoms with Gasteiger partial charge in [0.15, 0.2) is 23.3 Å². The Labute approximate surface area is 200 Å². The van der Waals surface area contributed by atoms with Gasteiger partial charge >= 0.3 is 0 Å². The van der Waals surface area contributed by atoms with Crippen LogP contribution >= 0.6 is 22.6 Å². The van der Waals surface area contributed by atoms with E-state index in [-0.39, 0.29) is 35.3 Å². The van der Waals surface area contributed by atoms with E-state index in [1.165, 1.54) is 24.4 Å². The minimum absolute atomic E-state index is 0.0381. The summed E-state index contributed by atoms with van der Waals surface area (Å²) in [5.41, 5.74) is 4.08. The number of hydrogen-bond donors (Lipinski definition) is 3. The van der Waals surface area contributed by atoms with Gasteiger partial charge in [-0.05, 0) is 64.0 Å². The highest BCUT2D eigenvalue weighted by molar-refractivity contribution is 14.1. The van der Waals surface area contributed by atoms with Crippen LogP contribution in [0.2, 0.25) is 0 Å². The number of hydrogen-bond acceptors (Lipinski definition) is 4. The maximum Gasteiger partial charge on any atom is 0.253 e. The largest absolute Gasteiger partial charge is 0.381 e. The molecule has 1 heterocycles. The number of nitrogens with zero attached hydrogens (tertiary/aromatic N) is 1. The van der Waals surface area contributed by atoms with Crippen LogP contribution in [-0.4, -0.2) is 17.4 Å². The molecule has 0 aliphatic carbocycles. The first-order valence-corrected chi connectivity index (χ1v) is 10.6. The lowest BCUT2D eigenvalue weighted by atomic mass is 9.99. The van der Waals surface area contributed by atoms with E-state index >= 15 is 4.39 Å². The van der Waals surface area contributed by atoms with Crippen LogP contribution in [0.4, 0.5) is 34.8 Å². The van der Waals surface area contributed by atoms with Crippen LogP contribution in [0.1, 0.15) is 27.9 Å². The van der Waals surface area contributed by atoms with Crippen LogP contribution in [0.25, 0.3) is 0 Å². The SMILES string of the molecule is C#CCCNC(=O)c1cc(Cc2ccnc(N)c2F)c(F)c(F)c1Nc1ccc(I)cc1F. The summed E-state index contributed by atoms with van der Waals surface area (Å²) in [6.45, 7) is 0.0799. The van der Waals surface area contributed by atoms with E-state index in [9.17, 15) is 18.0 Å². The number of anilines is 3. The molecule has 0 spiro atoms. The molecule has 0 fully saturated rings. The molecule has 4 N–H and O–H groups in total. The zero-order chi connectivity index (χ0) is 24.1. The molecule has 0 aliphatic rings. The highest BCUT2D eigenvalue weighted by atomic mass is 127. The zero-order valence-electron chi connectivity index (χ0n) is 17.0. The molecule has 3 aromatic rings. The Morgan fingerprint density at radius 3 is 2.55 bits per heavy atom. The Bertz CT molecular complexity index is 1260. The van der Waals surface area contributed by atoms with E-state index in [1.54, 1.807) is 6.07 Å². The van der Waals surface area contributed by atoms with Gasteiger partial charge in [-0.15, -0.1) is 12.3 Å². The monoisotopic (exact) mass is 568 g/mol.